The predicted octanol–water partition coefficient (Wildman–Crippen LogP) is 2.24. The monoisotopic (exact) mass is 293 g/mol. The summed E-state index contributed by atoms with van der Waals surface area (Å²) >= 11 is 0. The van der Waals surface area contributed by atoms with E-state index in [9.17, 15) is 14.0 Å². The van der Waals surface area contributed by atoms with E-state index in [4.69, 9.17) is 4.74 Å². The first kappa shape index (κ1) is 15.5. The van der Waals surface area contributed by atoms with Crippen molar-refractivity contribution in [2.75, 3.05) is 7.11 Å². The molecule has 0 saturated heterocycles. The lowest BCUT2D eigenvalue weighted by atomic mass is 10.0. The van der Waals surface area contributed by atoms with Gasteiger partial charge in [0, 0.05) is 5.92 Å². The number of benzene rings is 1. The lowest BCUT2D eigenvalue weighted by Gasteiger charge is -2.19. The van der Waals surface area contributed by atoms with Crippen LogP contribution in [0.3, 0.4) is 0 Å². The number of hydrogen-bond acceptors (Lipinski definition) is 3. The molecule has 4 nitrogen and oxygen atoms in total. The summed E-state index contributed by atoms with van der Waals surface area (Å²) in [6.45, 7) is 3.71. The number of ether oxygens (including phenoxy) is 1. The van der Waals surface area contributed by atoms with E-state index in [2.05, 4.69) is 5.32 Å². The molecule has 0 radical (unpaired) electrons. The molecule has 3 atom stereocenters. The zero-order valence-electron chi connectivity index (χ0n) is 12.4. The summed E-state index contributed by atoms with van der Waals surface area (Å²) in [6, 6.07) is 5.57. The molecule has 0 bridgehead atoms. The Morgan fingerprint density at radius 2 is 1.90 bits per heavy atom. The van der Waals surface area contributed by atoms with Crippen LogP contribution >= 0.6 is 0 Å². The third-order valence-corrected chi connectivity index (χ3v) is 3.84. The highest BCUT2D eigenvalue weighted by Crippen LogP contribution is 2.47. The van der Waals surface area contributed by atoms with E-state index < -0.39 is 12.0 Å². The number of esters is 1. The SMILES string of the molecule is COC(=O)[C@@H](NC(=O)C1CC1c1ccc(F)cc1)C(C)C. The van der Waals surface area contributed by atoms with Crippen LogP contribution in [-0.4, -0.2) is 25.0 Å². The molecule has 0 heterocycles. The van der Waals surface area contributed by atoms with Crippen LogP contribution in [0.15, 0.2) is 24.3 Å². The van der Waals surface area contributed by atoms with Gasteiger partial charge in [0.15, 0.2) is 0 Å². The molecule has 1 aromatic rings. The maximum atomic E-state index is 12.9. The number of nitrogens with one attached hydrogen (secondary N) is 1. The van der Waals surface area contributed by atoms with Crippen LogP contribution in [0.1, 0.15) is 31.7 Å². The Kier molecular flexibility index (Phi) is 4.60. The average molecular weight is 293 g/mol. The Labute approximate surface area is 123 Å². The van der Waals surface area contributed by atoms with E-state index in [0.29, 0.717) is 0 Å². The van der Waals surface area contributed by atoms with E-state index >= 15 is 0 Å². The Bertz CT molecular complexity index is 527. The first-order valence-electron chi connectivity index (χ1n) is 7.07. The van der Waals surface area contributed by atoms with Gasteiger partial charge in [-0.3, -0.25) is 4.79 Å². The topological polar surface area (TPSA) is 55.4 Å². The highest BCUT2D eigenvalue weighted by Gasteiger charge is 2.45. The van der Waals surface area contributed by atoms with Crippen LogP contribution < -0.4 is 5.32 Å². The summed E-state index contributed by atoms with van der Waals surface area (Å²) in [5, 5.41) is 2.75. The van der Waals surface area contributed by atoms with Gasteiger partial charge < -0.3 is 10.1 Å². The van der Waals surface area contributed by atoms with Crippen molar-refractivity contribution < 1.29 is 18.7 Å². The van der Waals surface area contributed by atoms with Crippen molar-refractivity contribution in [2.45, 2.75) is 32.2 Å². The number of amides is 1. The van der Waals surface area contributed by atoms with E-state index in [1.165, 1.54) is 19.2 Å². The maximum absolute atomic E-state index is 12.9. The molecule has 1 saturated carbocycles. The Hall–Kier alpha value is -1.91. The van der Waals surface area contributed by atoms with Crippen molar-refractivity contribution in [2.24, 2.45) is 11.8 Å². The molecule has 2 unspecified atom stereocenters. The zero-order chi connectivity index (χ0) is 15.6. The van der Waals surface area contributed by atoms with Crippen molar-refractivity contribution in [3.63, 3.8) is 0 Å². The molecule has 114 valence electrons. The predicted molar refractivity (Wildman–Crippen MR) is 76.0 cm³/mol. The lowest BCUT2D eigenvalue weighted by Crippen LogP contribution is -2.45. The van der Waals surface area contributed by atoms with Crippen molar-refractivity contribution in [3.8, 4) is 0 Å². The minimum absolute atomic E-state index is 0.0376. The highest BCUT2D eigenvalue weighted by molar-refractivity contribution is 5.88. The van der Waals surface area contributed by atoms with Crippen LogP contribution in [0.25, 0.3) is 0 Å². The highest BCUT2D eigenvalue weighted by atomic mass is 19.1. The smallest absolute Gasteiger partial charge is 0.328 e. The van der Waals surface area contributed by atoms with Crippen LogP contribution in [0.5, 0.6) is 0 Å². The molecule has 0 spiro atoms. The normalized spacial score (nSPS) is 21.8. The lowest BCUT2D eigenvalue weighted by molar-refractivity contribution is -0.146. The van der Waals surface area contributed by atoms with Crippen LogP contribution in [0.2, 0.25) is 0 Å². The van der Waals surface area contributed by atoms with E-state index in [0.717, 1.165) is 12.0 Å². The van der Waals surface area contributed by atoms with E-state index in [1.807, 2.05) is 13.8 Å². The fraction of sp³-hybridized carbons (Fsp3) is 0.500. The summed E-state index contributed by atoms with van der Waals surface area (Å²) in [5.74, 6) is -0.946. The number of halogens is 1. The molecule has 1 aromatic carbocycles. The fourth-order valence-corrected chi connectivity index (χ4v) is 2.45. The van der Waals surface area contributed by atoms with Crippen LogP contribution in [-0.2, 0) is 14.3 Å². The third kappa shape index (κ3) is 3.60. The summed E-state index contributed by atoms with van der Waals surface area (Å²) in [7, 11) is 1.31. The van der Waals surface area contributed by atoms with Gasteiger partial charge in [0.25, 0.3) is 0 Å². The number of rotatable bonds is 5. The van der Waals surface area contributed by atoms with Crippen LogP contribution in [0.4, 0.5) is 4.39 Å². The molecule has 1 amide bonds. The second-order valence-corrected chi connectivity index (χ2v) is 5.75. The number of carbonyl (C=O) groups is 2. The van der Waals surface area contributed by atoms with Gasteiger partial charge in [0.05, 0.1) is 7.11 Å². The van der Waals surface area contributed by atoms with Gasteiger partial charge in [-0.2, -0.15) is 0 Å². The molecule has 21 heavy (non-hydrogen) atoms. The minimum Gasteiger partial charge on any atom is -0.467 e. The Morgan fingerprint density at radius 3 is 2.43 bits per heavy atom. The molecule has 0 aromatic heterocycles. The second-order valence-electron chi connectivity index (χ2n) is 5.75. The van der Waals surface area contributed by atoms with Gasteiger partial charge in [-0.1, -0.05) is 26.0 Å². The molecule has 1 fully saturated rings. The van der Waals surface area contributed by atoms with Crippen LogP contribution in [0, 0.1) is 17.7 Å². The maximum Gasteiger partial charge on any atom is 0.328 e. The second kappa shape index (κ2) is 6.24. The fourth-order valence-electron chi connectivity index (χ4n) is 2.45. The number of carbonyl (C=O) groups excluding carboxylic acids is 2. The Morgan fingerprint density at radius 1 is 1.29 bits per heavy atom. The molecule has 1 N–H and O–H groups in total. The number of methoxy groups -OCH3 is 1. The first-order chi connectivity index (χ1) is 9.93. The molecule has 5 heteroatoms. The van der Waals surface area contributed by atoms with Crippen molar-refractivity contribution in [3.05, 3.63) is 35.6 Å². The molecule has 2 rings (SSSR count). The van der Waals surface area contributed by atoms with Crippen molar-refractivity contribution >= 4 is 11.9 Å². The first-order valence-corrected chi connectivity index (χ1v) is 7.07. The van der Waals surface area contributed by atoms with E-state index in [-0.39, 0.29) is 29.5 Å². The minimum atomic E-state index is -0.628. The number of hydrogen-bond donors (Lipinski definition) is 1. The van der Waals surface area contributed by atoms with Gasteiger partial charge in [-0.05, 0) is 36.0 Å². The van der Waals surface area contributed by atoms with Gasteiger partial charge in [-0.25, -0.2) is 9.18 Å². The Balaban J connectivity index is 1.96. The zero-order valence-corrected chi connectivity index (χ0v) is 12.4. The third-order valence-electron chi connectivity index (χ3n) is 3.84. The molecular weight excluding hydrogens is 273 g/mol. The molecule has 1 aliphatic carbocycles. The quantitative estimate of drug-likeness (QED) is 0.847. The summed E-state index contributed by atoms with van der Waals surface area (Å²) in [4.78, 5) is 23.8. The largest absolute Gasteiger partial charge is 0.467 e. The summed E-state index contributed by atoms with van der Waals surface area (Å²) < 4.78 is 17.6. The van der Waals surface area contributed by atoms with E-state index in [1.54, 1.807) is 12.1 Å². The molecule has 0 aliphatic heterocycles. The standard InChI is InChI=1S/C16H20FNO3/c1-9(2)14(16(20)21-3)18-15(19)13-8-12(13)10-4-6-11(17)7-5-10/h4-7,9,12-14H,8H2,1-3H3,(H,18,19)/t12?,13?,14-/m0/s1. The van der Waals surface area contributed by atoms with Gasteiger partial charge >= 0.3 is 5.97 Å². The summed E-state index contributed by atoms with van der Waals surface area (Å²) in [5.41, 5.74) is 0.954. The van der Waals surface area contributed by atoms with Gasteiger partial charge in [0.2, 0.25) is 5.91 Å². The average Bonchev–Trinajstić information content (AvgIpc) is 3.24. The van der Waals surface area contributed by atoms with Gasteiger partial charge in [0.1, 0.15) is 11.9 Å². The van der Waals surface area contributed by atoms with Gasteiger partial charge in [-0.15, -0.1) is 0 Å². The molecule has 1 aliphatic rings. The van der Waals surface area contributed by atoms with Crippen molar-refractivity contribution in [1.82, 2.24) is 5.32 Å². The summed E-state index contributed by atoms with van der Waals surface area (Å²) in [6.07, 6.45) is 0.726. The molecular formula is C16H20FNO3. The van der Waals surface area contributed by atoms with Crippen molar-refractivity contribution in [1.29, 1.82) is 0 Å².